The summed E-state index contributed by atoms with van der Waals surface area (Å²) in [5.74, 6) is 7.35. The zero-order chi connectivity index (χ0) is 17.0. The third-order valence-electron chi connectivity index (χ3n) is 7.67. The molecule has 3 saturated carbocycles. The van der Waals surface area contributed by atoms with Crippen molar-refractivity contribution < 1.29 is 0 Å². The van der Waals surface area contributed by atoms with Crippen LogP contribution in [0.3, 0.4) is 0 Å². The summed E-state index contributed by atoms with van der Waals surface area (Å²) < 4.78 is 0. The summed E-state index contributed by atoms with van der Waals surface area (Å²) in [5.41, 5.74) is 2.36. The van der Waals surface area contributed by atoms with Crippen LogP contribution in [0, 0.1) is 41.9 Å². The van der Waals surface area contributed by atoms with Crippen LogP contribution in [0.4, 0.5) is 0 Å². The van der Waals surface area contributed by atoms with Gasteiger partial charge in [0.1, 0.15) is 0 Å². The number of benzene rings is 1. The van der Waals surface area contributed by atoms with E-state index >= 15 is 0 Å². The van der Waals surface area contributed by atoms with Gasteiger partial charge in [-0.1, -0.05) is 50.9 Å². The highest BCUT2D eigenvalue weighted by Crippen LogP contribution is 2.71. The summed E-state index contributed by atoms with van der Waals surface area (Å²) in [7, 11) is -1.70. The first kappa shape index (κ1) is 16.4. The van der Waals surface area contributed by atoms with Crippen molar-refractivity contribution in [2.45, 2.75) is 58.2 Å². The Kier molecular flexibility index (Phi) is 3.59. The highest BCUT2D eigenvalue weighted by atomic mass is 28.3. The van der Waals surface area contributed by atoms with Crippen molar-refractivity contribution in [3.05, 3.63) is 29.3 Å². The maximum atomic E-state index is 5.67. The van der Waals surface area contributed by atoms with Crippen LogP contribution < -0.4 is 5.19 Å². The Balaban J connectivity index is 2.08. The molecule has 2 bridgehead atoms. The Morgan fingerprint density at radius 3 is 2.04 bits per heavy atom. The lowest BCUT2D eigenvalue weighted by Crippen LogP contribution is -2.64. The Labute approximate surface area is 143 Å². The first-order valence-corrected chi connectivity index (χ1v) is 11.8. The number of terminal acetylenes is 2. The predicted molar refractivity (Wildman–Crippen MR) is 102 cm³/mol. The fourth-order valence-corrected chi connectivity index (χ4v) is 9.29. The van der Waals surface area contributed by atoms with Gasteiger partial charge in [0.25, 0.3) is 0 Å². The highest BCUT2D eigenvalue weighted by Gasteiger charge is 2.63. The van der Waals surface area contributed by atoms with Gasteiger partial charge in [0.15, 0.2) is 0 Å². The molecule has 0 spiro atoms. The average molecular weight is 321 g/mol. The highest BCUT2D eigenvalue weighted by molar-refractivity contribution is 6.92. The van der Waals surface area contributed by atoms with Gasteiger partial charge < -0.3 is 0 Å². The minimum atomic E-state index is -1.70. The second-order valence-electron chi connectivity index (χ2n) is 8.98. The van der Waals surface area contributed by atoms with Gasteiger partial charge in [0.2, 0.25) is 0 Å². The van der Waals surface area contributed by atoms with E-state index in [0.29, 0.717) is 10.5 Å². The van der Waals surface area contributed by atoms with Gasteiger partial charge in [-0.05, 0) is 59.8 Å². The van der Waals surface area contributed by atoms with Gasteiger partial charge in [-0.3, -0.25) is 0 Å². The van der Waals surface area contributed by atoms with Crippen molar-refractivity contribution in [3.8, 4) is 24.7 Å². The minimum absolute atomic E-state index is 0.421. The molecule has 1 aromatic carbocycles. The SMILES string of the molecule is C#Cc1cc(C#C)cc([Si](C)(C)C2(C)CCC3CC2C3(C)C)c1. The number of hydrogen-bond acceptors (Lipinski definition) is 0. The molecule has 3 aliphatic rings. The van der Waals surface area contributed by atoms with Crippen LogP contribution in [-0.2, 0) is 0 Å². The Morgan fingerprint density at radius 2 is 1.61 bits per heavy atom. The van der Waals surface area contributed by atoms with Crippen LogP contribution in [0.25, 0.3) is 0 Å². The van der Waals surface area contributed by atoms with Crippen LogP contribution in [0.5, 0.6) is 0 Å². The summed E-state index contributed by atoms with van der Waals surface area (Å²) in [6.07, 6.45) is 15.5. The largest absolute Gasteiger partial charge is 0.115 e. The normalized spacial score (nSPS) is 31.6. The predicted octanol–water partition coefficient (Wildman–Crippen LogP) is 4.78. The van der Waals surface area contributed by atoms with Crippen molar-refractivity contribution in [1.82, 2.24) is 0 Å². The second kappa shape index (κ2) is 5.02. The van der Waals surface area contributed by atoms with E-state index in [-0.39, 0.29) is 0 Å². The van der Waals surface area contributed by atoms with Crippen LogP contribution in [-0.4, -0.2) is 8.07 Å². The van der Waals surface area contributed by atoms with Crippen molar-refractivity contribution in [1.29, 1.82) is 0 Å². The fraction of sp³-hybridized carbons (Fsp3) is 0.545. The molecule has 0 N–H and O–H groups in total. The molecular weight excluding hydrogens is 292 g/mol. The molecule has 0 heterocycles. The quantitative estimate of drug-likeness (QED) is 0.543. The first-order valence-electron chi connectivity index (χ1n) is 8.75. The van der Waals surface area contributed by atoms with E-state index in [2.05, 4.69) is 57.8 Å². The zero-order valence-electron chi connectivity index (χ0n) is 15.2. The lowest BCUT2D eigenvalue weighted by atomic mass is 9.45. The molecular formula is C22H28Si. The summed E-state index contributed by atoms with van der Waals surface area (Å²) in [4.78, 5) is 0. The molecule has 1 heteroatoms. The summed E-state index contributed by atoms with van der Waals surface area (Å²) in [6, 6.07) is 6.42. The summed E-state index contributed by atoms with van der Waals surface area (Å²) >= 11 is 0. The van der Waals surface area contributed by atoms with Gasteiger partial charge in [-0.15, -0.1) is 12.8 Å². The molecule has 120 valence electrons. The van der Waals surface area contributed by atoms with E-state index in [1.165, 1.54) is 24.4 Å². The smallest absolute Gasteiger partial charge is 0.0868 e. The minimum Gasteiger partial charge on any atom is -0.115 e. The first-order chi connectivity index (χ1) is 10.7. The van der Waals surface area contributed by atoms with Gasteiger partial charge in [0.05, 0.1) is 8.07 Å². The van der Waals surface area contributed by atoms with Crippen molar-refractivity contribution in [3.63, 3.8) is 0 Å². The van der Waals surface area contributed by atoms with Crippen LogP contribution in [0.1, 0.15) is 51.2 Å². The van der Waals surface area contributed by atoms with E-state index in [1.807, 2.05) is 6.07 Å². The molecule has 3 aliphatic carbocycles. The van der Waals surface area contributed by atoms with Crippen molar-refractivity contribution >= 4 is 13.3 Å². The maximum absolute atomic E-state index is 5.67. The molecule has 0 radical (unpaired) electrons. The van der Waals surface area contributed by atoms with Crippen molar-refractivity contribution in [2.75, 3.05) is 0 Å². The van der Waals surface area contributed by atoms with Crippen molar-refractivity contribution in [2.24, 2.45) is 17.3 Å². The maximum Gasteiger partial charge on any atom is 0.0868 e. The fourth-order valence-electron chi connectivity index (χ4n) is 5.47. The molecule has 0 aliphatic heterocycles. The Bertz CT molecular complexity index is 691. The molecule has 0 nitrogen and oxygen atoms in total. The van der Waals surface area contributed by atoms with Crippen LogP contribution in [0.15, 0.2) is 18.2 Å². The lowest BCUT2D eigenvalue weighted by Gasteiger charge is -2.68. The van der Waals surface area contributed by atoms with Crippen LogP contribution >= 0.6 is 0 Å². The van der Waals surface area contributed by atoms with E-state index < -0.39 is 8.07 Å². The lowest BCUT2D eigenvalue weighted by molar-refractivity contribution is -0.0939. The third-order valence-corrected chi connectivity index (χ3v) is 12.9. The third kappa shape index (κ3) is 2.14. The number of hydrogen-bond donors (Lipinski definition) is 0. The monoisotopic (exact) mass is 320 g/mol. The Morgan fingerprint density at radius 1 is 1.04 bits per heavy atom. The van der Waals surface area contributed by atoms with Gasteiger partial charge >= 0.3 is 0 Å². The molecule has 23 heavy (non-hydrogen) atoms. The standard InChI is InChI=1S/C22H28Si/c1-8-16-12-17(9-2)14-19(13-16)23(6,7)22(5)11-10-18-15-20(22)21(18,3)4/h1-2,12-14,18,20H,10-11,15H2,3-7H3. The average Bonchev–Trinajstić information content (AvgIpc) is 2.53. The van der Waals surface area contributed by atoms with Gasteiger partial charge in [0, 0.05) is 11.1 Å². The molecule has 0 aromatic heterocycles. The summed E-state index contributed by atoms with van der Waals surface area (Å²) in [5, 5.41) is 1.86. The van der Waals surface area contributed by atoms with Gasteiger partial charge in [-0.25, -0.2) is 0 Å². The van der Waals surface area contributed by atoms with E-state index in [1.54, 1.807) is 0 Å². The topological polar surface area (TPSA) is 0 Å². The van der Waals surface area contributed by atoms with Crippen LogP contribution in [0.2, 0.25) is 18.1 Å². The second-order valence-corrected chi connectivity index (χ2v) is 13.9. The molecule has 4 rings (SSSR count). The number of fused-ring (bicyclic) bond motifs is 2. The van der Waals surface area contributed by atoms with E-state index in [9.17, 15) is 0 Å². The molecule has 3 fully saturated rings. The molecule has 0 saturated heterocycles. The molecule has 3 unspecified atom stereocenters. The Hall–Kier alpha value is -1.44. The number of rotatable bonds is 2. The van der Waals surface area contributed by atoms with E-state index in [4.69, 9.17) is 12.8 Å². The summed E-state index contributed by atoms with van der Waals surface area (Å²) in [6.45, 7) is 12.6. The molecule has 0 amide bonds. The van der Waals surface area contributed by atoms with E-state index in [0.717, 1.165) is 23.0 Å². The molecule has 3 atom stereocenters. The molecule has 1 aromatic rings. The zero-order valence-corrected chi connectivity index (χ0v) is 16.2. The van der Waals surface area contributed by atoms with Gasteiger partial charge in [-0.2, -0.15) is 0 Å².